The quantitative estimate of drug-likeness (QED) is 0.557. The van der Waals surface area contributed by atoms with E-state index in [1.807, 2.05) is 49.1 Å². The highest BCUT2D eigenvalue weighted by molar-refractivity contribution is 8.00. The molecule has 2 amide bonds. The van der Waals surface area contributed by atoms with Crippen LogP contribution in [0.25, 0.3) is 10.9 Å². The Morgan fingerprint density at radius 1 is 1.06 bits per heavy atom. The van der Waals surface area contributed by atoms with Crippen LogP contribution in [0, 0.1) is 13.8 Å². The van der Waals surface area contributed by atoms with Gasteiger partial charge in [-0.2, -0.15) is 0 Å². The molecule has 0 radical (unpaired) electrons. The van der Waals surface area contributed by atoms with E-state index >= 15 is 0 Å². The average Bonchev–Trinajstić information content (AvgIpc) is 3.17. The summed E-state index contributed by atoms with van der Waals surface area (Å²) in [6, 6.07) is 14.0. The van der Waals surface area contributed by atoms with E-state index in [9.17, 15) is 9.59 Å². The third-order valence-electron chi connectivity index (χ3n) is 5.87. The molecule has 7 heteroatoms. The maximum atomic E-state index is 12.5. The van der Waals surface area contributed by atoms with Gasteiger partial charge in [-0.15, -0.1) is 11.8 Å². The summed E-state index contributed by atoms with van der Waals surface area (Å²) in [7, 11) is 0. The summed E-state index contributed by atoms with van der Waals surface area (Å²) in [5.41, 5.74) is 4.08. The number of carbonyl (C=O) groups excluding carboxylic acids is 2. The number of morpholine rings is 1. The Balaban J connectivity index is 1.39. The molecule has 3 aromatic rings. The number of amides is 2. The number of hydrogen-bond acceptors (Lipinski definition) is 4. The minimum absolute atomic E-state index is 0.0599. The maximum absolute atomic E-state index is 12.5. The highest BCUT2D eigenvalue weighted by Crippen LogP contribution is 2.30. The van der Waals surface area contributed by atoms with Crippen molar-refractivity contribution in [2.24, 2.45) is 0 Å². The predicted molar refractivity (Wildman–Crippen MR) is 128 cm³/mol. The van der Waals surface area contributed by atoms with E-state index in [-0.39, 0.29) is 11.8 Å². The zero-order chi connectivity index (χ0) is 22.5. The SMILES string of the molecule is Cc1ccc(C(=O)NCCn2cc(SCC(=O)N3CCOCC3)c3ccccc32)cc1C. The first-order chi connectivity index (χ1) is 15.5. The second kappa shape index (κ2) is 10.2. The fourth-order valence-electron chi connectivity index (χ4n) is 3.83. The molecule has 0 saturated carbocycles. The molecule has 6 nitrogen and oxygen atoms in total. The summed E-state index contributed by atoms with van der Waals surface area (Å²) in [6.45, 7) is 7.81. The second-order valence-corrected chi connectivity index (χ2v) is 9.06. The lowest BCUT2D eigenvalue weighted by atomic mass is 10.1. The van der Waals surface area contributed by atoms with Crippen LogP contribution in [-0.4, -0.2) is 59.9 Å². The van der Waals surface area contributed by atoms with Gasteiger partial charge in [0.15, 0.2) is 0 Å². The van der Waals surface area contributed by atoms with Crippen LogP contribution in [0.5, 0.6) is 0 Å². The Bertz CT molecular complexity index is 1120. The zero-order valence-electron chi connectivity index (χ0n) is 18.6. The normalized spacial score (nSPS) is 14.0. The van der Waals surface area contributed by atoms with Crippen molar-refractivity contribution in [3.05, 3.63) is 65.4 Å². The van der Waals surface area contributed by atoms with Gasteiger partial charge in [0.1, 0.15) is 0 Å². The van der Waals surface area contributed by atoms with Crippen molar-refractivity contribution < 1.29 is 14.3 Å². The summed E-state index contributed by atoms with van der Waals surface area (Å²) >= 11 is 1.57. The van der Waals surface area contributed by atoms with Crippen LogP contribution in [0.15, 0.2) is 53.6 Å². The lowest BCUT2D eigenvalue weighted by Gasteiger charge is -2.26. The van der Waals surface area contributed by atoms with Crippen LogP contribution < -0.4 is 5.32 Å². The molecule has 1 N–H and O–H groups in total. The van der Waals surface area contributed by atoms with E-state index in [1.165, 1.54) is 5.56 Å². The molecule has 1 saturated heterocycles. The van der Waals surface area contributed by atoms with Crippen LogP contribution in [0.1, 0.15) is 21.5 Å². The smallest absolute Gasteiger partial charge is 0.251 e. The second-order valence-electron chi connectivity index (χ2n) is 8.04. The van der Waals surface area contributed by atoms with Crippen LogP contribution in [0.3, 0.4) is 0 Å². The summed E-state index contributed by atoms with van der Waals surface area (Å²) in [6.07, 6.45) is 2.09. The third-order valence-corrected chi connectivity index (χ3v) is 6.90. The fourth-order valence-corrected chi connectivity index (χ4v) is 4.82. The van der Waals surface area contributed by atoms with Crippen molar-refractivity contribution in [2.45, 2.75) is 25.3 Å². The van der Waals surface area contributed by atoms with Gasteiger partial charge < -0.3 is 19.5 Å². The van der Waals surface area contributed by atoms with E-state index in [0.717, 1.165) is 21.4 Å². The first-order valence-electron chi connectivity index (χ1n) is 10.9. The molecule has 2 aromatic carbocycles. The number of benzene rings is 2. The maximum Gasteiger partial charge on any atom is 0.251 e. The summed E-state index contributed by atoms with van der Waals surface area (Å²) in [5, 5.41) is 4.15. The molecule has 0 bridgehead atoms. The number of aryl methyl sites for hydroxylation is 2. The van der Waals surface area contributed by atoms with Gasteiger partial charge in [0.25, 0.3) is 5.91 Å². The lowest BCUT2D eigenvalue weighted by Crippen LogP contribution is -2.41. The molecule has 0 atom stereocenters. The predicted octanol–water partition coefficient (Wildman–Crippen LogP) is 3.64. The molecule has 1 aliphatic rings. The minimum Gasteiger partial charge on any atom is -0.378 e. The van der Waals surface area contributed by atoms with E-state index in [1.54, 1.807) is 11.8 Å². The van der Waals surface area contributed by atoms with Gasteiger partial charge in [0.05, 0.1) is 19.0 Å². The Labute approximate surface area is 192 Å². The van der Waals surface area contributed by atoms with Gasteiger partial charge in [-0.05, 0) is 43.2 Å². The monoisotopic (exact) mass is 451 g/mol. The number of para-hydroxylation sites is 1. The molecule has 2 heterocycles. The van der Waals surface area contributed by atoms with Gasteiger partial charge in [0.2, 0.25) is 5.91 Å². The van der Waals surface area contributed by atoms with Gasteiger partial charge >= 0.3 is 0 Å². The minimum atomic E-state index is -0.0599. The van der Waals surface area contributed by atoms with E-state index in [0.29, 0.717) is 50.7 Å². The molecule has 0 aliphatic carbocycles. The van der Waals surface area contributed by atoms with Crippen LogP contribution >= 0.6 is 11.8 Å². The first-order valence-corrected chi connectivity index (χ1v) is 11.9. The van der Waals surface area contributed by atoms with E-state index in [4.69, 9.17) is 4.74 Å². The third kappa shape index (κ3) is 5.16. The number of carbonyl (C=O) groups is 2. The molecule has 4 rings (SSSR count). The highest BCUT2D eigenvalue weighted by atomic mass is 32.2. The molecule has 0 spiro atoms. The lowest BCUT2D eigenvalue weighted by molar-refractivity contribution is -0.132. The Morgan fingerprint density at radius 2 is 1.84 bits per heavy atom. The summed E-state index contributed by atoms with van der Waals surface area (Å²) in [5.74, 6) is 0.503. The molecular formula is C25H29N3O3S. The van der Waals surface area contributed by atoms with Crippen molar-refractivity contribution in [2.75, 3.05) is 38.6 Å². The van der Waals surface area contributed by atoms with Crippen molar-refractivity contribution in [1.29, 1.82) is 0 Å². The molecular weight excluding hydrogens is 422 g/mol. The molecule has 1 aromatic heterocycles. The molecule has 0 unspecified atom stereocenters. The van der Waals surface area contributed by atoms with Crippen LogP contribution in [0.4, 0.5) is 0 Å². The highest BCUT2D eigenvalue weighted by Gasteiger charge is 2.18. The van der Waals surface area contributed by atoms with Gasteiger partial charge in [0, 0.05) is 53.7 Å². The average molecular weight is 452 g/mol. The van der Waals surface area contributed by atoms with Crippen LogP contribution in [-0.2, 0) is 16.1 Å². The van der Waals surface area contributed by atoms with Crippen molar-refractivity contribution >= 4 is 34.5 Å². The largest absolute Gasteiger partial charge is 0.378 e. The van der Waals surface area contributed by atoms with Gasteiger partial charge in [-0.25, -0.2) is 0 Å². The standard InChI is InChI=1S/C25H29N3O3S/c1-18-7-8-20(15-19(18)2)25(30)26-9-10-28-16-23(21-5-3-4-6-22(21)28)32-17-24(29)27-11-13-31-14-12-27/h3-8,15-16H,9-14,17H2,1-2H3,(H,26,30). The zero-order valence-corrected chi connectivity index (χ0v) is 19.4. The van der Waals surface area contributed by atoms with Crippen molar-refractivity contribution in [3.63, 3.8) is 0 Å². The number of thioether (sulfide) groups is 1. The van der Waals surface area contributed by atoms with E-state index < -0.39 is 0 Å². The molecule has 168 valence electrons. The number of rotatable bonds is 7. The number of fused-ring (bicyclic) bond motifs is 1. The van der Waals surface area contributed by atoms with Gasteiger partial charge in [-0.1, -0.05) is 24.3 Å². The van der Waals surface area contributed by atoms with Gasteiger partial charge in [-0.3, -0.25) is 9.59 Å². The Hall–Kier alpha value is -2.77. The number of nitrogens with one attached hydrogen (secondary N) is 1. The number of ether oxygens (including phenoxy) is 1. The molecule has 32 heavy (non-hydrogen) atoms. The summed E-state index contributed by atoms with van der Waals surface area (Å²) in [4.78, 5) is 28.0. The fraction of sp³-hybridized carbons (Fsp3) is 0.360. The number of aromatic nitrogens is 1. The van der Waals surface area contributed by atoms with E-state index in [2.05, 4.69) is 28.2 Å². The topological polar surface area (TPSA) is 63.6 Å². The van der Waals surface area contributed by atoms with Crippen molar-refractivity contribution in [1.82, 2.24) is 14.8 Å². The molecule has 1 fully saturated rings. The molecule has 1 aliphatic heterocycles. The van der Waals surface area contributed by atoms with Crippen molar-refractivity contribution in [3.8, 4) is 0 Å². The number of nitrogens with zero attached hydrogens (tertiary/aromatic N) is 2. The Kier molecular flexibility index (Phi) is 7.17. The first kappa shape index (κ1) is 22.4. The summed E-state index contributed by atoms with van der Waals surface area (Å²) < 4.78 is 7.48. The Morgan fingerprint density at radius 3 is 2.62 bits per heavy atom. The number of hydrogen-bond donors (Lipinski definition) is 1. The van der Waals surface area contributed by atoms with Crippen LogP contribution in [0.2, 0.25) is 0 Å².